The van der Waals surface area contributed by atoms with Crippen LogP contribution in [0.2, 0.25) is 0 Å². The number of carbonyl (C=O) groups is 1. The first-order valence-corrected chi connectivity index (χ1v) is 8.61. The third-order valence-corrected chi connectivity index (χ3v) is 5.25. The minimum atomic E-state index is -0.195. The van der Waals surface area contributed by atoms with Crippen LogP contribution in [0.15, 0.2) is 48.5 Å². The quantitative estimate of drug-likeness (QED) is 0.713. The SMILES string of the molecule is CCc1cccc(C)c1N(C=O)C1(c2ccccc2)CCCC1. The van der Waals surface area contributed by atoms with Crippen LogP contribution in [0.5, 0.6) is 0 Å². The highest BCUT2D eigenvalue weighted by atomic mass is 16.1. The van der Waals surface area contributed by atoms with Gasteiger partial charge in [0.25, 0.3) is 0 Å². The minimum absolute atomic E-state index is 0.195. The van der Waals surface area contributed by atoms with E-state index in [1.807, 2.05) is 11.0 Å². The lowest BCUT2D eigenvalue weighted by Gasteiger charge is -2.41. The maximum absolute atomic E-state index is 12.2. The number of anilines is 1. The zero-order valence-electron chi connectivity index (χ0n) is 14.1. The Morgan fingerprint density at radius 3 is 2.35 bits per heavy atom. The number of nitrogens with zero attached hydrogens (tertiary/aromatic N) is 1. The molecule has 1 aliphatic carbocycles. The predicted octanol–water partition coefficient (Wildman–Crippen LogP) is 4.99. The molecule has 23 heavy (non-hydrogen) atoms. The highest BCUT2D eigenvalue weighted by Gasteiger charge is 2.42. The zero-order chi connectivity index (χ0) is 16.3. The summed E-state index contributed by atoms with van der Waals surface area (Å²) in [4.78, 5) is 14.2. The normalized spacial score (nSPS) is 16.3. The van der Waals surface area contributed by atoms with Gasteiger partial charge in [-0.2, -0.15) is 0 Å². The molecule has 0 heterocycles. The van der Waals surface area contributed by atoms with Crippen LogP contribution in [0.1, 0.15) is 49.3 Å². The van der Waals surface area contributed by atoms with Gasteiger partial charge >= 0.3 is 0 Å². The van der Waals surface area contributed by atoms with E-state index in [0.717, 1.165) is 31.4 Å². The van der Waals surface area contributed by atoms with Crippen molar-refractivity contribution in [2.75, 3.05) is 4.90 Å². The van der Waals surface area contributed by atoms with E-state index < -0.39 is 0 Å². The Labute approximate surface area is 139 Å². The van der Waals surface area contributed by atoms with Gasteiger partial charge in [0.1, 0.15) is 0 Å². The van der Waals surface area contributed by atoms with Gasteiger partial charge in [0, 0.05) is 0 Å². The van der Waals surface area contributed by atoms with Crippen molar-refractivity contribution in [3.05, 3.63) is 65.2 Å². The first kappa shape index (κ1) is 15.8. The van der Waals surface area contributed by atoms with Crippen LogP contribution < -0.4 is 4.90 Å². The van der Waals surface area contributed by atoms with Crippen molar-refractivity contribution in [2.45, 2.75) is 51.5 Å². The van der Waals surface area contributed by atoms with E-state index in [2.05, 4.69) is 56.3 Å². The number of hydrogen-bond acceptors (Lipinski definition) is 1. The van der Waals surface area contributed by atoms with Crippen molar-refractivity contribution >= 4 is 12.1 Å². The number of amides is 1. The standard InChI is InChI=1S/C21H25NO/c1-3-18-11-9-10-17(2)20(18)22(16-23)21(14-7-8-15-21)19-12-5-4-6-13-19/h4-6,9-13,16H,3,7-8,14-15H2,1-2H3. The predicted molar refractivity (Wildman–Crippen MR) is 95.7 cm³/mol. The molecule has 0 atom stereocenters. The van der Waals surface area contributed by atoms with Crippen molar-refractivity contribution < 1.29 is 4.79 Å². The smallest absolute Gasteiger partial charge is 0.214 e. The summed E-state index contributed by atoms with van der Waals surface area (Å²) in [6, 6.07) is 16.9. The van der Waals surface area contributed by atoms with Gasteiger partial charge < -0.3 is 4.90 Å². The molecule has 1 amide bonds. The van der Waals surface area contributed by atoms with Crippen LogP contribution in [0.3, 0.4) is 0 Å². The summed E-state index contributed by atoms with van der Waals surface area (Å²) in [5.41, 5.74) is 4.60. The van der Waals surface area contributed by atoms with Gasteiger partial charge in [-0.15, -0.1) is 0 Å². The zero-order valence-corrected chi connectivity index (χ0v) is 14.1. The second-order valence-electron chi connectivity index (χ2n) is 6.52. The molecule has 0 saturated heterocycles. The van der Waals surface area contributed by atoms with Gasteiger partial charge in [0.2, 0.25) is 6.41 Å². The van der Waals surface area contributed by atoms with Crippen molar-refractivity contribution in [2.24, 2.45) is 0 Å². The third-order valence-electron chi connectivity index (χ3n) is 5.25. The summed E-state index contributed by atoms with van der Waals surface area (Å²) in [6.07, 6.45) is 6.41. The molecule has 0 unspecified atom stereocenters. The maximum Gasteiger partial charge on any atom is 0.214 e. The highest BCUT2D eigenvalue weighted by molar-refractivity contribution is 5.82. The number of carbonyl (C=O) groups excluding carboxylic acids is 1. The van der Waals surface area contributed by atoms with E-state index in [0.29, 0.717) is 0 Å². The van der Waals surface area contributed by atoms with Gasteiger partial charge in [-0.1, -0.05) is 68.3 Å². The lowest BCUT2D eigenvalue weighted by Crippen LogP contribution is -2.44. The van der Waals surface area contributed by atoms with Crippen molar-refractivity contribution in [1.82, 2.24) is 0 Å². The average molecular weight is 307 g/mol. The third kappa shape index (κ3) is 2.67. The molecular formula is C21H25NO. The first-order chi connectivity index (χ1) is 11.2. The van der Waals surface area contributed by atoms with Gasteiger partial charge in [-0.05, 0) is 42.9 Å². The average Bonchev–Trinajstić information content (AvgIpc) is 3.08. The maximum atomic E-state index is 12.2. The summed E-state index contributed by atoms with van der Waals surface area (Å²) in [5.74, 6) is 0. The van der Waals surface area contributed by atoms with Gasteiger partial charge in [-0.25, -0.2) is 0 Å². The van der Waals surface area contributed by atoms with Gasteiger partial charge in [0.05, 0.1) is 11.2 Å². The monoisotopic (exact) mass is 307 g/mol. The lowest BCUT2D eigenvalue weighted by atomic mass is 9.85. The van der Waals surface area contributed by atoms with Crippen LogP contribution in [-0.2, 0) is 16.8 Å². The van der Waals surface area contributed by atoms with E-state index in [9.17, 15) is 4.79 Å². The summed E-state index contributed by atoms with van der Waals surface area (Å²) in [6.45, 7) is 4.27. The molecule has 1 fully saturated rings. The number of rotatable bonds is 5. The van der Waals surface area contributed by atoms with Crippen LogP contribution >= 0.6 is 0 Å². The molecule has 0 N–H and O–H groups in total. The molecule has 1 aliphatic rings. The Kier molecular flexibility index (Phi) is 4.51. The topological polar surface area (TPSA) is 20.3 Å². The van der Waals surface area contributed by atoms with E-state index in [-0.39, 0.29) is 5.54 Å². The van der Waals surface area contributed by atoms with Crippen molar-refractivity contribution in [3.63, 3.8) is 0 Å². The Balaban J connectivity index is 2.17. The highest BCUT2D eigenvalue weighted by Crippen LogP contribution is 2.46. The molecule has 0 aromatic heterocycles. The van der Waals surface area contributed by atoms with Crippen LogP contribution in [0, 0.1) is 6.92 Å². The Bertz CT molecular complexity index is 671. The fourth-order valence-electron chi connectivity index (χ4n) is 4.09. The summed E-state index contributed by atoms with van der Waals surface area (Å²) >= 11 is 0. The molecular weight excluding hydrogens is 282 g/mol. The number of para-hydroxylation sites is 1. The fourth-order valence-corrected chi connectivity index (χ4v) is 4.09. The molecule has 2 heteroatoms. The summed E-state index contributed by atoms with van der Waals surface area (Å²) in [5, 5.41) is 0. The first-order valence-electron chi connectivity index (χ1n) is 8.61. The molecule has 2 nitrogen and oxygen atoms in total. The second-order valence-corrected chi connectivity index (χ2v) is 6.52. The van der Waals surface area contributed by atoms with Crippen LogP contribution in [0.4, 0.5) is 5.69 Å². The summed E-state index contributed by atoms with van der Waals surface area (Å²) in [7, 11) is 0. The fraction of sp³-hybridized carbons (Fsp3) is 0.381. The molecule has 0 bridgehead atoms. The Morgan fingerprint density at radius 1 is 1.04 bits per heavy atom. The second kappa shape index (κ2) is 6.57. The molecule has 2 aromatic rings. The van der Waals surface area contributed by atoms with E-state index in [1.165, 1.54) is 29.5 Å². The largest absolute Gasteiger partial charge is 0.304 e. The molecule has 1 saturated carbocycles. The van der Waals surface area contributed by atoms with Gasteiger partial charge in [-0.3, -0.25) is 4.79 Å². The van der Waals surface area contributed by atoms with Crippen molar-refractivity contribution in [3.8, 4) is 0 Å². The number of aryl methyl sites for hydroxylation is 2. The minimum Gasteiger partial charge on any atom is -0.304 e. The van der Waals surface area contributed by atoms with E-state index in [4.69, 9.17) is 0 Å². The molecule has 2 aromatic carbocycles. The molecule has 0 radical (unpaired) electrons. The number of hydrogen-bond donors (Lipinski definition) is 0. The molecule has 0 aliphatic heterocycles. The number of benzene rings is 2. The molecule has 120 valence electrons. The molecule has 3 rings (SSSR count). The van der Waals surface area contributed by atoms with E-state index >= 15 is 0 Å². The van der Waals surface area contributed by atoms with Gasteiger partial charge in [0.15, 0.2) is 0 Å². The van der Waals surface area contributed by atoms with E-state index in [1.54, 1.807) is 0 Å². The van der Waals surface area contributed by atoms with Crippen molar-refractivity contribution in [1.29, 1.82) is 0 Å². The van der Waals surface area contributed by atoms with Crippen LogP contribution in [0.25, 0.3) is 0 Å². The Morgan fingerprint density at radius 2 is 1.74 bits per heavy atom. The summed E-state index contributed by atoms with van der Waals surface area (Å²) < 4.78 is 0. The Hall–Kier alpha value is -2.09. The van der Waals surface area contributed by atoms with Crippen LogP contribution in [-0.4, -0.2) is 6.41 Å². The molecule has 0 spiro atoms. The lowest BCUT2D eigenvalue weighted by molar-refractivity contribution is -0.108.